The first kappa shape index (κ1) is 16.5. The molecule has 24 heavy (non-hydrogen) atoms. The molecule has 0 spiro atoms. The summed E-state index contributed by atoms with van der Waals surface area (Å²) in [6.07, 6.45) is 2.41. The summed E-state index contributed by atoms with van der Waals surface area (Å²) in [5, 5.41) is 3.57. The van der Waals surface area contributed by atoms with E-state index in [9.17, 15) is 4.79 Å². The fourth-order valence-corrected chi connectivity index (χ4v) is 2.60. The molecule has 0 saturated carbocycles. The van der Waals surface area contributed by atoms with Crippen molar-refractivity contribution in [3.05, 3.63) is 47.0 Å². The van der Waals surface area contributed by atoms with Crippen LogP contribution in [-0.2, 0) is 4.79 Å². The minimum atomic E-state index is 0.0187. The minimum absolute atomic E-state index is 0.0187. The lowest BCUT2D eigenvalue weighted by Crippen LogP contribution is -2.10. The number of benzene rings is 2. The third-order valence-corrected chi connectivity index (χ3v) is 4.25. The Labute approximate surface area is 145 Å². The highest BCUT2D eigenvalue weighted by Gasteiger charge is 2.11. The number of unbranched alkanes of at least 4 members (excludes halogenated alkanes) is 1. The Bertz CT molecular complexity index is 886. The van der Waals surface area contributed by atoms with Crippen molar-refractivity contribution in [3.63, 3.8) is 0 Å². The molecule has 5 heteroatoms. The van der Waals surface area contributed by atoms with E-state index in [1.165, 1.54) is 0 Å². The number of carbonyl (C=O) groups excluding carboxylic acids is 1. The van der Waals surface area contributed by atoms with E-state index in [-0.39, 0.29) is 5.91 Å². The molecule has 0 saturated heterocycles. The van der Waals surface area contributed by atoms with Crippen LogP contribution in [0.25, 0.3) is 22.6 Å². The number of hydrogen-bond donors (Lipinski definition) is 1. The summed E-state index contributed by atoms with van der Waals surface area (Å²) in [4.78, 5) is 16.3. The maximum atomic E-state index is 11.8. The molecule has 1 heterocycles. The molecule has 0 aliphatic rings. The van der Waals surface area contributed by atoms with Gasteiger partial charge in [0, 0.05) is 22.7 Å². The topological polar surface area (TPSA) is 55.1 Å². The number of hydrogen-bond acceptors (Lipinski definition) is 3. The number of nitrogens with zero attached hydrogens (tertiary/aromatic N) is 1. The third-order valence-electron chi connectivity index (χ3n) is 3.85. The molecule has 0 bridgehead atoms. The van der Waals surface area contributed by atoms with Gasteiger partial charge in [0.1, 0.15) is 5.52 Å². The fourth-order valence-electron chi connectivity index (χ4n) is 2.42. The molecule has 2 aromatic carbocycles. The number of amides is 1. The molecule has 0 atom stereocenters. The highest BCUT2D eigenvalue weighted by Crippen LogP contribution is 2.29. The smallest absolute Gasteiger partial charge is 0.227 e. The van der Waals surface area contributed by atoms with E-state index in [4.69, 9.17) is 16.0 Å². The number of rotatable bonds is 5. The van der Waals surface area contributed by atoms with Gasteiger partial charge in [0.05, 0.1) is 0 Å². The van der Waals surface area contributed by atoms with Crippen molar-refractivity contribution < 1.29 is 9.21 Å². The molecule has 0 radical (unpaired) electrons. The lowest BCUT2D eigenvalue weighted by molar-refractivity contribution is -0.116. The first-order valence-corrected chi connectivity index (χ1v) is 8.41. The van der Waals surface area contributed by atoms with Crippen LogP contribution in [0.2, 0.25) is 5.02 Å². The van der Waals surface area contributed by atoms with Gasteiger partial charge < -0.3 is 9.73 Å². The quantitative estimate of drug-likeness (QED) is 0.658. The molecule has 0 aliphatic carbocycles. The second-order valence-corrected chi connectivity index (χ2v) is 6.22. The highest BCUT2D eigenvalue weighted by atomic mass is 35.5. The Hall–Kier alpha value is -2.33. The van der Waals surface area contributed by atoms with E-state index < -0.39 is 0 Å². The Morgan fingerprint density at radius 1 is 1.25 bits per heavy atom. The van der Waals surface area contributed by atoms with Gasteiger partial charge in [-0.2, -0.15) is 0 Å². The highest BCUT2D eigenvalue weighted by molar-refractivity contribution is 6.31. The van der Waals surface area contributed by atoms with Crippen LogP contribution < -0.4 is 5.32 Å². The van der Waals surface area contributed by atoms with Gasteiger partial charge in [0.15, 0.2) is 5.58 Å². The van der Waals surface area contributed by atoms with Crippen LogP contribution in [0.3, 0.4) is 0 Å². The van der Waals surface area contributed by atoms with Crippen molar-refractivity contribution in [2.24, 2.45) is 0 Å². The van der Waals surface area contributed by atoms with Crippen LogP contribution in [0.15, 0.2) is 40.8 Å². The summed E-state index contributed by atoms with van der Waals surface area (Å²) >= 11 is 6.17. The molecule has 3 aromatic rings. The molecule has 4 nitrogen and oxygen atoms in total. The maximum absolute atomic E-state index is 11.8. The monoisotopic (exact) mass is 342 g/mol. The van der Waals surface area contributed by atoms with Gasteiger partial charge in [0.2, 0.25) is 11.8 Å². The van der Waals surface area contributed by atoms with Crippen LogP contribution in [0.4, 0.5) is 5.69 Å². The molecule has 1 N–H and O–H groups in total. The van der Waals surface area contributed by atoms with Crippen LogP contribution in [0, 0.1) is 6.92 Å². The average Bonchev–Trinajstić information content (AvgIpc) is 2.98. The fraction of sp³-hybridized carbons (Fsp3) is 0.263. The average molecular weight is 343 g/mol. The number of nitrogens with one attached hydrogen (secondary N) is 1. The van der Waals surface area contributed by atoms with Gasteiger partial charge in [-0.1, -0.05) is 31.0 Å². The number of anilines is 1. The zero-order valence-corrected chi connectivity index (χ0v) is 14.5. The molecule has 0 aliphatic heterocycles. The number of fused-ring (bicyclic) bond motifs is 1. The first-order chi connectivity index (χ1) is 11.6. The minimum Gasteiger partial charge on any atom is -0.436 e. The number of aromatic nitrogens is 1. The van der Waals surface area contributed by atoms with Crippen molar-refractivity contribution in [2.75, 3.05) is 5.32 Å². The SMILES string of the molecule is CCCCC(=O)Nc1ccc2oc(-c3ccc(C)c(Cl)c3)nc2c1. The van der Waals surface area contributed by atoms with Crippen LogP contribution in [0.5, 0.6) is 0 Å². The Kier molecular flexibility index (Phi) is 4.86. The zero-order valence-electron chi connectivity index (χ0n) is 13.7. The summed E-state index contributed by atoms with van der Waals surface area (Å²) in [6, 6.07) is 11.2. The summed E-state index contributed by atoms with van der Waals surface area (Å²) in [7, 11) is 0. The van der Waals surface area contributed by atoms with Crippen molar-refractivity contribution in [1.29, 1.82) is 0 Å². The number of carbonyl (C=O) groups is 1. The largest absolute Gasteiger partial charge is 0.436 e. The molecule has 0 unspecified atom stereocenters. The van der Waals surface area contributed by atoms with Gasteiger partial charge in [-0.25, -0.2) is 4.98 Å². The van der Waals surface area contributed by atoms with Crippen LogP contribution in [-0.4, -0.2) is 10.9 Å². The van der Waals surface area contributed by atoms with Gasteiger partial charge in [-0.05, 0) is 49.2 Å². The Morgan fingerprint density at radius 2 is 2.08 bits per heavy atom. The van der Waals surface area contributed by atoms with Gasteiger partial charge in [0.25, 0.3) is 0 Å². The lowest BCUT2D eigenvalue weighted by atomic mass is 10.1. The molecule has 1 aromatic heterocycles. The molecule has 3 rings (SSSR count). The zero-order chi connectivity index (χ0) is 17.1. The second-order valence-electron chi connectivity index (χ2n) is 5.82. The maximum Gasteiger partial charge on any atom is 0.227 e. The summed E-state index contributed by atoms with van der Waals surface area (Å²) in [5.74, 6) is 0.534. The normalized spacial score (nSPS) is 11.0. The Morgan fingerprint density at radius 3 is 2.83 bits per heavy atom. The predicted molar refractivity (Wildman–Crippen MR) is 97.3 cm³/mol. The molecule has 0 fully saturated rings. The summed E-state index contributed by atoms with van der Waals surface area (Å²) in [5.41, 5.74) is 3.94. The number of aryl methyl sites for hydroxylation is 1. The number of halogens is 1. The third kappa shape index (κ3) is 3.60. The van der Waals surface area contributed by atoms with Crippen LogP contribution >= 0.6 is 11.6 Å². The van der Waals surface area contributed by atoms with E-state index in [2.05, 4.69) is 17.2 Å². The lowest BCUT2D eigenvalue weighted by Gasteiger charge is -2.03. The van der Waals surface area contributed by atoms with Crippen molar-refractivity contribution >= 4 is 34.3 Å². The van der Waals surface area contributed by atoms with Crippen molar-refractivity contribution in [2.45, 2.75) is 33.1 Å². The van der Waals surface area contributed by atoms with E-state index in [1.54, 1.807) is 0 Å². The van der Waals surface area contributed by atoms with Gasteiger partial charge in [-0.3, -0.25) is 4.79 Å². The van der Waals surface area contributed by atoms with Gasteiger partial charge >= 0.3 is 0 Å². The molecular weight excluding hydrogens is 324 g/mol. The van der Waals surface area contributed by atoms with E-state index in [0.29, 0.717) is 28.4 Å². The van der Waals surface area contributed by atoms with E-state index in [1.807, 2.05) is 43.3 Å². The standard InChI is InChI=1S/C19H19ClN2O2/c1-3-4-5-18(23)21-14-8-9-17-16(11-14)22-19(24-17)13-7-6-12(2)15(20)10-13/h6-11H,3-5H2,1-2H3,(H,21,23). The summed E-state index contributed by atoms with van der Waals surface area (Å²) < 4.78 is 5.79. The van der Waals surface area contributed by atoms with E-state index >= 15 is 0 Å². The van der Waals surface area contributed by atoms with E-state index in [0.717, 1.165) is 29.7 Å². The molecule has 124 valence electrons. The predicted octanol–water partition coefficient (Wildman–Crippen LogP) is 5.59. The second kappa shape index (κ2) is 7.05. The van der Waals surface area contributed by atoms with Crippen molar-refractivity contribution in [1.82, 2.24) is 4.98 Å². The van der Waals surface area contributed by atoms with Crippen molar-refractivity contribution in [3.8, 4) is 11.5 Å². The number of oxazole rings is 1. The Balaban J connectivity index is 1.86. The van der Waals surface area contributed by atoms with Crippen LogP contribution in [0.1, 0.15) is 31.7 Å². The molecule has 1 amide bonds. The first-order valence-electron chi connectivity index (χ1n) is 8.04. The molecular formula is C19H19ClN2O2. The van der Waals surface area contributed by atoms with Gasteiger partial charge in [-0.15, -0.1) is 0 Å². The summed E-state index contributed by atoms with van der Waals surface area (Å²) in [6.45, 7) is 4.01.